The highest BCUT2D eigenvalue weighted by Gasteiger charge is 2.38. The molecule has 0 unspecified atom stereocenters. The van der Waals surface area contributed by atoms with Crippen LogP contribution in [0.15, 0.2) is 18.2 Å². The summed E-state index contributed by atoms with van der Waals surface area (Å²) in [5.41, 5.74) is 4.06. The number of fused-ring (bicyclic) bond motifs is 1. The smallest absolute Gasteiger partial charge is 0.239 e. The van der Waals surface area contributed by atoms with Crippen LogP contribution >= 0.6 is 0 Å². The highest BCUT2D eigenvalue weighted by atomic mass is 16.5. The topological polar surface area (TPSA) is 44.8 Å². The maximum absolute atomic E-state index is 12.9. The zero-order valence-electron chi connectivity index (χ0n) is 17.3. The molecule has 1 saturated heterocycles. The van der Waals surface area contributed by atoms with Crippen molar-refractivity contribution in [2.75, 3.05) is 50.8 Å². The van der Waals surface area contributed by atoms with Crippen LogP contribution in [-0.2, 0) is 16.0 Å². The van der Waals surface area contributed by atoms with E-state index in [1.54, 1.807) is 0 Å². The van der Waals surface area contributed by atoms with Crippen molar-refractivity contribution in [3.63, 3.8) is 0 Å². The molecule has 2 heterocycles. The lowest BCUT2D eigenvalue weighted by Crippen LogP contribution is -2.60. The van der Waals surface area contributed by atoms with Gasteiger partial charge in [0.05, 0.1) is 19.8 Å². The largest absolute Gasteiger partial charge is 0.379 e. The van der Waals surface area contributed by atoms with E-state index in [2.05, 4.69) is 40.2 Å². The van der Waals surface area contributed by atoms with Crippen molar-refractivity contribution in [2.24, 2.45) is 0 Å². The molecule has 1 N–H and O–H groups in total. The molecule has 1 aromatic carbocycles. The number of nitrogens with zero attached hydrogens (tertiary/aromatic N) is 2. The summed E-state index contributed by atoms with van der Waals surface area (Å²) in [7, 11) is 0. The Balaban J connectivity index is 1.38. The van der Waals surface area contributed by atoms with Gasteiger partial charge >= 0.3 is 0 Å². The van der Waals surface area contributed by atoms with Crippen molar-refractivity contribution in [2.45, 2.75) is 57.4 Å². The van der Waals surface area contributed by atoms with E-state index in [-0.39, 0.29) is 11.4 Å². The Kier molecular flexibility index (Phi) is 6.22. The summed E-state index contributed by atoms with van der Waals surface area (Å²) in [5, 5.41) is 3.32. The van der Waals surface area contributed by atoms with Crippen molar-refractivity contribution in [3.8, 4) is 0 Å². The number of anilines is 1. The number of hydrogen-bond acceptors (Lipinski definition) is 4. The van der Waals surface area contributed by atoms with Crippen molar-refractivity contribution in [1.29, 1.82) is 0 Å². The lowest BCUT2D eigenvalue weighted by atomic mass is 9.79. The van der Waals surface area contributed by atoms with E-state index in [4.69, 9.17) is 4.74 Å². The molecule has 2 aliphatic heterocycles. The maximum atomic E-state index is 12.9. The number of carbonyl (C=O) groups excluding carboxylic acids is 1. The molecule has 4 rings (SSSR count). The summed E-state index contributed by atoms with van der Waals surface area (Å²) < 4.78 is 5.57. The molecule has 154 valence electrons. The second-order valence-electron chi connectivity index (χ2n) is 8.82. The Morgan fingerprint density at radius 3 is 2.68 bits per heavy atom. The van der Waals surface area contributed by atoms with Crippen molar-refractivity contribution in [1.82, 2.24) is 10.2 Å². The fourth-order valence-corrected chi connectivity index (χ4v) is 5.31. The molecular formula is C23H35N3O2. The molecule has 5 heteroatoms. The van der Waals surface area contributed by atoms with E-state index in [0.717, 1.165) is 52.2 Å². The second kappa shape index (κ2) is 8.83. The SMILES string of the molecule is Cc1ccc2c(c1)CCCN2CC(=O)NCC1(N2CCOCC2)CCCCC1. The first-order chi connectivity index (χ1) is 13.7. The number of amides is 1. The minimum absolute atomic E-state index is 0.134. The standard InChI is InChI=1S/C23H35N3O2/c1-19-7-8-21-20(16-19)6-5-11-25(21)17-22(27)24-18-23(9-3-2-4-10-23)26-12-14-28-15-13-26/h7-8,16H,2-6,9-15,17-18H2,1H3,(H,24,27). The minimum Gasteiger partial charge on any atom is -0.379 e. The van der Waals surface area contributed by atoms with Gasteiger partial charge in [-0.05, 0) is 44.2 Å². The summed E-state index contributed by atoms with van der Waals surface area (Å²) >= 11 is 0. The van der Waals surface area contributed by atoms with Crippen molar-refractivity contribution >= 4 is 11.6 Å². The van der Waals surface area contributed by atoms with Crippen LogP contribution < -0.4 is 10.2 Å². The first-order valence-electron chi connectivity index (χ1n) is 11.1. The summed E-state index contributed by atoms with van der Waals surface area (Å²) in [6.45, 7) is 7.98. The lowest BCUT2D eigenvalue weighted by molar-refractivity contribution is -0.121. The van der Waals surface area contributed by atoms with Crippen molar-refractivity contribution in [3.05, 3.63) is 29.3 Å². The minimum atomic E-state index is 0.134. The quantitative estimate of drug-likeness (QED) is 0.847. The number of aryl methyl sites for hydroxylation is 2. The molecule has 5 nitrogen and oxygen atoms in total. The Morgan fingerprint density at radius 2 is 1.89 bits per heavy atom. The van der Waals surface area contributed by atoms with Gasteiger partial charge in [-0.3, -0.25) is 9.69 Å². The molecule has 2 fully saturated rings. The normalized spacial score (nSPS) is 22.5. The predicted octanol–water partition coefficient (Wildman–Crippen LogP) is 2.90. The Labute approximate surface area is 169 Å². The van der Waals surface area contributed by atoms with Gasteiger partial charge in [0.1, 0.15) is 0 Å². The van der Waals surface area contributed by atoms with Gasteiger partial charge in [0.2, 0.25) is 5.91 Å². The number of morpholine rings is 1. The molecule has 1 aromatic rings. The van der Waals surface area contributed by atoms with E-state index in [9.17, 15) is 4.79 Å². The van der Waals surface area contributed by atoms with E-state index in [1.165, 1.54) is 48.9 Å². The maximum Gasteiger partial charge on any atom is 0.239 e. The Bertz CT molecular complexity index is 678. The Hall–Kier alpha value is -1.59. The molecule has 28 heavy (non-hydrogen) atoms. The average Bonchev–Trinajstić information content (AvgIpc) is 2.73. The van der Waals surface area contributed by atoms with E-state index >= 15 is 0 Å². The molecule has 1 amide bonds. The van der Waals surface area contributed by atoms with Crippen LogP contribution in [0.4, 0.5) is 5.69 Å². The average molecular weight is 386 g/mol. The predicted molar refractivity (Wildman–Crippen MR) is 113 cm³/mol. The van der Waals surface area contributed by atoms with Crippen molar-refractivity contribution < 1.29 is 9.53 Å². The van der Waals surface area contributed by atoms with Gasteiger partial charge in [-0.25, -0.2) is 0 Å². The molecule has 1 saturated carbocycles. The van der Waals surface area contributed by atoms with Crippen LogP contribution in [-0.4, -0.2) is 62.3 Å². The van der Waals surface area contributed by atoms with Crippen LogP contribution in [0.25, 0.3) is 0 Å². The van der Waals surface area contributed by atoms with Gasteiger partial charge in [0, 0.05) is 37.4 Å². The van der Waals surface area contributed by atoms with Gasteiger partial charge < -0.3 is 15.0 Å². The van der Waals surface area contributed by atoms with E-state index in [0.29, 0.717) is 6.54 Å². The molecule has 0 bridgehead atoms. The summed E-state index contributed by atoms with van der Waals surface area (Å²) in [4.78, 5) is 17.7. The number of rotatable bonds is 5. The fourth-order valence-electron chi connectivity index (χ4n) is 5.31. The second-order valence-corrected chi connectivity index (χ2v) is 8.82. The fraction of sp³-hybridized carbons (Fsp3) is 0.696. The zero-order valence-corrected chi connectivity index (χ0v) is 17.3. The number of carbonyl (C=O) groups is 1. The third kappa shape index (κ3) is 4.36. The van der Waals surface area contributed by atoms with Crippen LogP contribution in [0, 0.1) is 6.92 Å². The van der Waals surface area contributed by atoms with Gasteiger partial charge in [-0.1, -0.05) is 37.0 Å². The molecule has 0 atom stereocenters. The molecule has 1 aliphatic carbocycles. The number of benzene rings is 1. The van der Waals surface area contributed by atoms with Gasteiger partial charge in [0.15, 0.2) is 0 Å². The molecule has 0 aromatic heterocycles. The monoisotopic (exact) mass is 385 g/mol. The number of hydrogen-bond donors (Lipinski definition) is 1. The van der Waals surface area contributed by atoms with E-state index < -0.39 is 0 Å². The van der Waals surface area contributed by atoms with Crippen LogP contribution in [0.1, 0.15) is 49.7 Å². The summed E-state index contributed by atoms with van der Waals surface area (Å²) in [6, 6.07) is 6.62. The highest BCUT2D eigenvalue weighted by molar-refractivity contribution is 5.82. The van der Waals surface area contributed by atoms with Crippen LogP contribution in [0.3, 0.4) is 0 Å². The summed E-state index contributed by atoms with van der Waals surface area (Å²) in [5.74, 6) is 0.159. The molecule has 0 spiro atoms. The molecule has 3 aliphatic rings. The molecule has 0 radical (unpaired) electrons. The number of ether oxygens (including phenoxy) is 1. The van der Waals surface area contributed by atoms with Crippen LogP contribution in [0.5, 0.6) is 0 Å². The van der Waals surface area contributed by atoms with Crippen LogP contribution in [0.2, 0.25) is 0 Å². The number of nitrogens with one attached hydrogen (secondary N) is 1. The lowest BCUT2D eigenvalue weighted by Gasteiger charge is -2.48. The first kappa shape index (κ1) is 19.7. The third-order valence-electron chi connectivity index (χ3n) is 6.87. The zero-order chi connectivity index (χ0) is 19.4. The first-order valence-corrected chi connectivity index (χ1v) is 11.1. The highest BCUT2D eigenvalue weighted by Crippen LogP contribution is 2.34. The summed E-state index contributed by atoms with van der Waals surface area (Å²) in [6.07, 6.45) is 8.50. The van der Waals surface area contributed by atoms with Gasteiger partial charge in [-0.2, -0.15) is 0 Å². The molecular weight excluding hydrogens is 350 g/mol. The van der Waals surface area contributed by atoms with Gasteiger partial charge in [-0.15, -0.1) is 0 Å². The Morgan fingerprint density at radius 1 is 1.11 bits per heavy atom. The third-order valence-corrected chi connectivity index (χ3v) is 6.87. The van der Waals surface area contributed by atoms with Gasteiger partial charge in [0.25, 0.3) is 0 Å². The van der Waals surface area contributed by atoms with E-state index in [1.807, 2.05) is 0 Å².